The van der Waals surface area contributed by atoms with Crippen molar-refractivity contribution in [1.82, 2.24) is 4.90 Å². The molecular weight excluding hydrogens is 370 g/mol. The predicted molar refractivity (Wildman–Crippen MR) is 115 cm³/mol. The summed E-state index contributed by atoms with van der Waals surface area (Å²) in [5.74, 6) is -0.452. The maximum absolute atomic E-state index is 12.5. The summed E-state index contributed by atoms with van der Waals surface area (Å²) < 4.78 is 5.76. The number of likely N-dealkylation sites (N-methyl/N-ethyl adjacent to an activating group) is 1. The molecule has 0 aromatic rings. The fraction of sp³-hybridized carbons (Fsp3) is 0.696. The fourth-order valence-electron chi connectivity index (χ4n) is 4.98. The minimum atomic E-state index is -0.641. The number of carbonyl (C=O) groups is 3. The molecule has 3 aliphatic rings. The lowest BCUT2D eigenvalue weighted by atomic mass is 9.78. The van der Waals surface area contributed by atoms with Gasteiger partial charge in [-0.05, 0) is 25.4 Å². The quantitative estimate of drug-likeness (QED) is 0.570. The Morgan fingerprint density at radius 2 is 1.59 bits per heavy atom. The summed E-state index contributed by atoms with van der Waals surface area (Å²) in [6.07, 6.45) is -0.101. The standard InChI is InChI=1S/C18H27NO4.C2H6.C2H4.CH2O/c1-5-19(6-2)16-15-13(21)7-9(3)11-8-12(20)10(4)14(11)17(15)23-18(16)22;3*1-2/h10-11,13-17,21H,3,5-8H2,1-2,4H3;1-2H3;1-2H2;1H2. The van der Waals surface area contributed by atoms with Gasteiger partial charge in [0.1, 0.15) is 24.7 Å². The van der Waals surface area contributed by atoms with Crippen LogP contribution in [0.3, 0.4) is 0 Å². The number of ether oxygens (including phenoxy) is 1. The second-order valence-electron chi connectivity index (χ2n) is 7.22. The van der Waals surface area contributed by atoms with Crippen LogP contribution in [0, 0.1) is 23.7 Å². The summed E-state index contributed by atoms with van der Waals surface area (Å²) in [5.41, 5.74) is 0.934. The highest BCUT2D eigenvalue weighted by molar-refractivity contribution is 5.85. The smallest absolute Gasteiger partial charge is 0.324 e. The van der Waals surface area contributed by atoms with Crippen LogP contribution in [0.25, 0.3) is 0 Å². The molecule has 1 saturated heterocycles. The van der Waals surface area contributed by atoms with E-state index in [9.17, 15) is 14.7 Å². The Kier molecular flexibility index (Phi) is 11.9. The van der Waals surface area contributed by atoms with Crippen LogP contribution in [-0.4, -0.2) is 59.9 Å². The van der Waals surface area contributed by atoms with Gasteiger partial charge < -0.3 is 14.6 Å². The molecule has 6 heteroatoms. The fourth-order valence-corrected chi connectivity index (χ4v) is 4.98. The monoisotopic (exact) mass is 409 g/mol. The van der Waals surface area contributed by atoms with Gasteiger partial charge in [0, 0.05) is 24.2 Å². The molecule has 1 aliphatic heterocycles. The Balaban J connectivity index is 0.00000120. The first kappa shape index (κ1) is 27.2. The van der Waals surface area contributed by atoms with Crippen LogP contribution in [0.1, 0.15) is 47.5 Å². The third-order valence-corrected chi connectivity index (χ3v) is 6.23. The average molecular weight is 410 g/mol. The van der Waals surface area contributed by atoms with Crippen molar-refractivity contribution in [2.45, 2.75) is 65.7 Å². The van der Waals surface area contributed by atoms with Gasteiger partial charge in [-0.3, -0.25) is 14.5 Å². The predicted octanol–water partition coefficient (Wildman–Crippen LogP) is 3.04. The van der Waals surface area contributed by atoms with Gasteiger partial charge in [0.2, 0.25) is 0 Å². The molecule has 0 spiro atoms. The number of fused-ring (bicyclic) bond motifs is 3. The number of hydrogen-bond acceptors (Lipinski definition) is 6. The van der Waals surface area contributed by atoms with Crippen molar-refractivity contribution in [3.8, 4) is 0 Å². The van der Waals surface area contributed by atoms with E-state index in [0.717, 1.165) is 18.7 Å². The zero-order chi connectivity index (χ0) is 22.9. The van der Waals surface area contributed by atoms with Crippen molar-refractivity contribution in [3.05, 3.63) is 25.3 Å². The Labute approximate surface area is 176 Å². The Morgan fingerprint density at radius 3 is 2.07 bits per heavy atom. The number of nitrogens with zero attached hydrogens (tertiary/aromatic N) is 1. The molecule has 2 saturated carbocycles. The summed E-state index contributed by atoms with van der Waals surface area (Å²) >= 11 is 0. The molecule has 0 amide bonds. The molecule has 0 radical (unpaired) electrons. The number of esters is 1. The maximum Gasteiger partial charge on any atom is 0.324 e. The molecule has 166 valence electrons. The van der Waals surface area contributed by atoms with Gasteiger partial charge in [0.15, 0.2) is 0 Å². The minimum Gasteiger partial charge on any atom is -0.460 e. The van der Waals surface area contributed by atoms with Crippen LogP contribution in [0.15, 0.2) is 25.3 Å². The van der Waals surface area contributed by atoms with E-state index in [2.05, 4.69) is 24.6 Å². The van der Waals surface area contributed by atoms with E-state index in [0.29, 0.717) is 12.8 Å². The molecule has 7 atom stereocenters. The van der Waals surface area contributed by atoms with Gasteiger partial charge in [-0.1, -0.05) is 46.8 Å². The summed E-state index contributed by atoms with van der Waals surface area (Å²) in [6, 6.07) is -0.417. The molecule has 0 bridgehead atoms. The van der Waals surface area contributed by atoms with Crippen LogP contribution in [-0.2, 0) is 19.1 Å². The number of Topliss-reactive ketones (excluding diaryl/α,β-unsaturated/α-hetero) is 1. The third kappa shape index (κ3) is 5.23. The summed E-state index contributed by atoms with van der Waals surface area (Å²) in [5, 5.41) is 10.8. The largest absolute Gasteiger partial charge is 0.460 e. The van der Waals surface area contributed by atoms with Crippen LogP contribution < -0.4 is 0 Å². The highest BCUT2D eigenvalue weighted by Crippen LogP contribution is 2.51. The van der Waals surface area contributed by atoms with E-state index in [1.807, 2.05) is 41.4 Å². The normalized spacial score (nSPS) is 34.9. The Bertz CT molecular complexity index is 557. The highest BCUT2D eigenvalue weighted by atomic mass is 16.6. The van der Waals surface area contributed by atoms with E-state index in [1.54, 1.807) is 0 Å². The molecule has 1 heterocycles. The summed E-state index contributed by atoms with van der Waals surface area (Å²) in [4.78, 5) is 34.8. The van der Waals surface area contributed by atoms with Crippen molar-refractivity contribution >= 4 is 18.5 Å². The molecule has 0 aromatic heterocycles. The molecule has 3 fully saturated rings. The minimum absolute atomic E-state index is 0.0328. The average Bonchev–Trinajstić information content (AvgIpc) is 3.21. The zero-order valence-electron chi connectivity index (χ0n) is 18.7. The van der Waals surface area contributed by atoms with Gasteiger partial charge in [-0.25, -0.2) is 0 Å². The first-order chi connectivity index (χ1) is 13.9. The molecule has 2 aliphatic carbocycles. The number of aliphatic hydroxyl groups is 1. The van der Waals surface area contributed by atoms with E-state index in [1.165, 1.54) is 0 Å². The number of rotatable bonds is 3. The second-order valence-corrected chi connectivity index (χ2v) is 7.22. The molecular formula is C23H39NO5. The lowest BCUT2D eigenvalue weighted by Gasteiger charge is -2.33. The maximum atomic E-state index is 12.5. The lowest BCUT2D eigenvalue weighted by Crippen LogP contribution is -2.48. The molecule has 29 heavy (non-hydrogen) atoms. The number of carbonyl (C=O) groups excluding carboxylic acids is 3. The van der Waals surface area contributed by atoms with Crippen LogP contribution in [0.4, 0.5) is 0 Å². The van der Waals surface area contributed by atoms with Crippen LogP contribution in [0.2, 0.25) is 0 Å². The van der Waals surface area contributed by atoms with Crippen molar-refractivity contribution in [1.29, 1.82) is 0 Å². The molecule has 0 aromatic carbocycles. The van der Waals surface area contributed by atoms with Gasteiger partial charge in [-0.2, -0.15) is 0 Å². The second kappa shape index (κ2) is 12.7. The summed E-state index contributed by atoms with van der Waals surface area (Å²) in [7, 11) is 0. The van der Waals surface area contributed by atoms with Gasteiger partial charge in [0.05, 0.1) is 6.10 Å². The van der Waals surface area contributed by atoms with E-state index in [-0.39, 0.29) is 41.5 Å². The van der Waals surface area contributed by atoms with Crippen molar-refractivity contribution in [3.63, 3.8) is 0 Å². The number of aliphatic hydroxyl groups excluding tert-OH is 1. The first-order valence-corrected chi connectivity index (χ1v) is 10.5. The molecule has 3 rings (SSSR count). The zero-order valence-corrected chi connectivity index (χ0v) is 18.7. The molecule has 6 nitrogen and oxygen atoms in total. The Hall–Kier alpha value is -1.79. The van der Waals surface area contributed by atoms with Crippen LogP contribution in [0.5, 0.6) is 0 Å². The van der Waals surface area contributed by atoms with E-state index >= 15 is 0 Å². The van der Waals surface area contributed by atoms with Crippen molar-refractivity contribution in [2.24, 2.45) is 23.7 Å². The van der Waals surface area contributed by atoms with Crippen LogP contribution >= 0.6 is 0 Å². The number of hydrogen-bond donors (Lipinski definition) is 1. The number of ketones is 1. The topological polar surface area (TPSA) is 83.9 Å². The van der Waals surface area contributed by atoms with Gasteiger partial charge >= 0.3 is 5.97 Å². The third-order valence-electron chi connectivity index (χ3n) is 6.23. The van der Waals surface area contributed by atoms with Crippen molar-refractivity contribution < 1.29 is 24.2 Å². The van der Waals surface area contributed by atoms with Crippen molar-refractivity contribution in [2.75, 3.05) is 13.1 Å². The molecule has 7 unspecified atom stereocenters. The molecule has 1 N–H and O–H groups in total. The highest BCUT2D eigenvalue weighted by Gasteiger charge is 2.59. The summed E-state index contributed by atoms with van der Waals surface area (Å²) in [6.45, 7) is 23.5. The SMILES string of the molecule is C=C.C=C1CC(O)C2C(OC(=O)C2N(CC)CC)C2C(C)C(=O)CC12.C=O.CC. The van der Waals surface area contributed by atoms with E-state index < -0.39 is 12.1 Å². The Morgan fingerprint density at radius 1 is 1.07 bits per heavy atom. The van der Waals surface area contributed by atoms with Gasteiger partial charge in [-0.15, -0.1) is 13.2 Å². The lowest BCUT2D eigenvalue weighted by molar-refractivity contribution is -0.148. The first-order valence-electron chi connectivity index (χ1n) is 10.5. The van der Waals surface area contributed by atoms with Gasteiger partial charge in [0.25, 0.3) is 0 Å². The van der Waals surface area contributed by atoms with E-state index in [4.69, 9.17) is 9.53 Å².